The third-order valence-electron chi connectivity index (χ3n) is 4.23. The van der Waals surface area contributed by atoms with E-state index in [4.69, 9.17) is 0 Å². The molecule has 0 aliphatic carbocycles. The predicted octanol–water partition coefficient (Wildman–Crippen LogP) is 3.65. The molecule has 0 unspecified atom stereocenters. The van der Waals surface area contributed by atoms with Crippen molar-refractivity contribution in [2.24, 2.45) is 0 Å². The summed E-state index contributed by atoms with van der Waals surface area (Å²) >= 11 is 0. The van der Waals surface area contributed by atoms with E-state index in [2.05, 4.69) is 19.9 Å². The Hall–Kier alpha value is -3.48. The van der Waals surface area contributed by atoms with Crippen LogP contribution in [0.4, 0.5) is 8.78 Å². The van der Waals surface area contributed by atoms with E-state index in [1.54, 1.807) is 18.5 Å². The highest BCUT2D eigenvalue weighted by Crippen LogP contribution is 2.26. The van der Waals surface area contributed by atoms with Gasteiger partial charge in [0, 0.05) is 42.3 Å². The number of carbonyl (C=O) groups excluding carboxylic acids is 1. The molecule has 0 atom stereocenters. The van der Waals surface area contributed by atoms with E-state index in [1.165, 1.54) is 12.4 Å². The number of H-pyrrole nitrogens is 1. The molecule has 0 saturated heterocycles. The second-order valence-corrected chi connectivity index (χ2v) is 6.12. The molecule has 0 aliphatic rings. The van der Waals surface area contributed by atoms with Crippen LogP contribution in [0.2, 0.25) is 0 Å². The molecule has 1 N–H and O–H groups in total. The summed E-state index contributed by atoms with van der Waals surface area (Å²) in [6.07, 6.45) is 4.81. The molecular weight excluding hydrogens is 350 g/mol. The number of fused-ring (bicyclic) bond motifs is 1. The first-order valence-electron chi connectivity index (χ1n) is 8.29. The fraction of sp³-hybridized carbons (Fsp3) is 0.100. The van der Waals surface area contributed by atoms with Crippen LogP contribution < -0.4 is 0 Å². The minimum Gasteiger partial charge on any atom is -0.345 e. The average Bonchev–Trinajstić information content (AvgIpc) is 3.08. The lowest BCUT2D eigenvalue weighted by Crippen LogP contribution is -2.09. The first-order valence-corrected chi connectivity index (χ1v) is 8.29. The quantitative estimate of drug-likeness (QED) is 0.587. The number of halogens is 2. The maximum absolute atomic E-state index is 13.7. The lowest BCUT2D eigenvalue weighted by atomic mass is 10.0. The maximum atomic E-state index is 13.7. The number of aromatic amines is 1. The monoisotopic (exact) mass is 364 g/mol. The molecule has 0 spiro atoms. The summed E-state index contributed by atoms with van der Waals surface area (Å²) in [5.74, 6) is -1.61. The van der Waals surface area contributed by atoms with Crippen molar-refractivity contribution in [2.45, 2.75) is 12.8 Å². The average molecular weight is 364 g/mol. The Morgan fingerprint density at radius 1 is 1.04 bits per heavy atom. The van der Waals surface area contributed by atoms with E-state index < -0.39 is 11.6 Å². The number of aromatic nitrogens is 4. The second-order valence-electron chi connectivity index (χ2n) is 6.12. The second kappa shape index (κ2) is 7.03. The van der Waals surface area contributed by atoms with Crippen LogP contribution in [0.5, 0.6) is 0 Å². The molecule has 0 saturated carbocycles. The van der Waals surface area contributed by atoms with Crippen LogP contribution in [0.25, 0.3) is 22.3 Å². The Morgan fingerprint density at radius 2 is 1.93 bits per heavy atom. The van der Waals surface area contributed by atoms with Gasteiger partial charge in [0.15, 0.2) is 0 Å². The summed E-state index contributed by atoms with van der Waals surface area (Å²) < 4.78 is 26.7. The van der Waals surface area contributed by atoms with Crippen LogP contribution >= 0.6 is 0 Å². The fourth-order valence-corrected chi connectivity index (χ4v) is 2.95. The highest BCUT2D eigenvalue weighted by Gasteiger charge is 2.13. The van der Waals surface area contributed by atoms with Gasteiger partial charge in [0.1, 0.15) is 29.4 Å². The number of nitrogens with one attached hydrogen (secondary N) is 1. The van der Waals surface area contributed by atoms with Gasteiger partial charge in [0.25, 0.3) is 0 Å². The van der Waals surface area contributed by atoms with Crippen LogP contribution in [0, 0.1) is 11.6 Å². The molecule has 134 valence electrons. The largest absolute Gasteiger partial charge is 0.345 e. The number of rotatable bonds is 5. The third kappa shape index (κ3) is 3.57. The summed E-state index contributed by atoms with van der Waals surface area (Å²) in [7, 11) is 0. The summed E-state index contributed by atoms with van der Waals surface area (Å²) in [4.78, 5) is 28.0. The summed E-state index contributed by atoms with van der Waals surface area (Å²) in [5.41, 5.74) is 2.97. The Kier molecular flexibility index (Phi) is 4.42. The zero-order chi connectivity index (χ0) is 18.8. The summed E-state index contributed by atoms with van der Waals surface area (Å²) in [6, 6.07) is 8.69. The van der Waals surface area contributed by atoms with E-state index in [9.17, 15) is 13.6 Å². The van der Waals surface area contributed by atoms with E-state index in [0.717, 1.165) is 28.7 Å². The molecule has 3 aromatic heterocycles. The van der Waals surface area contributed by atoms with Gasteiger partial charge >= 0.3 is 0 Å². The van der Waals surface area contributed by atoms with Gasteiger partial charge in [-0.1, -0.05) is 6.07 Å². The molecule has 4 rings (SSSR count). The zero-order valence-corrected chi connectivity index (χ0v) is 14.1. The predicted molar refractivity (Wildman–Crippen MR) is 95.9 cm³/mol. The molecule has 0 fully saturated rings. The number of hydrogen-bond donors (Lipinski definition) is 1. The van der Waals surface area contributed by atoms with Crippen molar-refractivity contribution >= 4 is 16.8 Å². The van der Waals surface area contributed by atoms with Crippen LogP contribution in [0.3, 0.4) is 0 Å². The summed E-state index contributed by atoms with van der Waals surface area (Å²) in [5, 5.41) is 0.918. The van der Waals surface area contributed by atoms with E-state index in [1.807, 2.05) is 12.1 Å². The zero-order valence-electron chi connectivity index (χ0n) is 14.1. The van der Waals surface area contributed by atoms with Crippen molar-refractivity contribution < 1.29 is 13.6 Å². The summed E-state index contributed by atoms with van der Waals surface area (Å²) in [6.45, 7) is 0. The van der Waals surface area contributed by atoms with Crippen molar-refractivity contribution in [2.75, 3.05) is 0 Å². The molecule has 0 aliphatic heterocycles. The topological polar surface area (TPSA) is 71.5 Å². The molecule has 1 aromatic carbocycles. The van der Waals surface area contributed by atoms with Gasteiger partial charge < -0.3 is 4.98 Å². The van der Waals surface area contributed by atoms with E-state index in [0.29, 0.717) is 11.4 Å². The number of ketones is 1. The van der Waals surface area contributed by atoms with Gasteiger partial charge in [-0.05, 0) is 29.8 Å². The number of Topliss-reactive ketones (excluding diaryl/α,β-unsaturated/α-hetero) is 1. The molecular formula is C20H14F2N4O. The van der Waals surface area contributed by atoms with Crippen molar-refractivity contribution in [1.29, 1.82) is 0 Å². The molecule has 7 heteroatoms. The molecule has 3 heterocycles. The lowest BCUT2D eigenvalue weighted by molar-refractivity contribution is -0.117. The maximum Gasteiger partial charge on any atom is 0.143 e. The number of carbonyl (C=O) groups is 1. The smallest absolute Gasteiger partial charge is 0.143 e. The SMILES string of the molecule is O=C(Cc1cc(-c2c[nH]c3ncccc23)ncn1)Cc1ccc(F)cc1F. The van der Waals surface area contributed by atoms with Gasteiger partial charge in [-0.3, -0.25) is 4.79 Å². The van der Waals surface area contributed by atoms with Crippen LogP contribution in [-0.4, -0.2) is 25.7 Å². The Bertz CT molecular complexity index is 1140. The van der Waals surface area contributed by atoms with Crippen LogP contribution in [0.1, 0.15) is 11.3 Å². The molecule has 5 nitrogen and oxygen atoms in total. The number of nitrogens with zero attached hydrogens (tertiary/aromatic N) is 3. The van der Waals surface area contributed by atoms with Crippen molar-refractivity contribution in [3.63, 3.8) is 0 Å². The van der Waals surface area contributed by atoms with Gasteiger partial charge in [-0.25, -0.2) is 23.7 Å². The van der Waals surface area contributed by atoms with Gasteiger partial charge in [-0.15, -0.1) is 0 Å². The highest BCUT2D eigenvalue weighted by atomic mass is 19.1. The number of hydrogen-bond acceptors (Lipinski definition) is 4. The molecule has 0 amide bonds. The highest BCUT2D eigenvalue weighted by molar-refractivity contribution is 5.92. The Balaban J connectivity index is 1.55. The molecule has 0 bridgehead atoms. The fourth-order valence-electron chi connectivity index (χ4n) is 2.95. The number of benzene rings is 1. The van der Waals surface area contributed by atoms with Crippen LogP contribution in [-0.2, 0) is 17.6 Å². The van der Waals surface area contributed by atoms with Crippen molar-refractivity contribution in [3.8, 4) is 11.3 Å². The first kappa shape index (κ1) is 17.0. The van der Waals surface area contributed by atoms with Gasteiger partial charge in [0.05, 0.1) is 11.4 Å². The molecule has 27 heavy (non-hydrogen) atoms. The normalized spacial score (nSPS) is 11.0. The van der Waals surface area contributed by atoms with Crippen LogP contribution in [0.15, 0.2) is 55.1 Å². The minimum absolute atomic E-state index is 0.0347. The third-order valence-corrected chi connectivity index (χ3v) is 4.23. The van der Waals surface area contributed by atoms with E-state index in [-0.39, 0.29) is 24.2 Å². The Labute approximate surface area is 153 Å². The van der Waals surface area contributed by atoms with E-state index >= 15 is 0 Å². The molecule has 0 radical (unpaired) electrons. The standard InChI is InChI=1S/C20H14F2N4O/c21-13-4-3-12(18(22)7-13)6-15(27)8-14-9-19(26-11-25-14)17-10-24-20-16(17)2-1-5-23-20/h1-5,7,9-11H,6,8H2,(H,23,24). The van der Waals surface area contributed by atoms with Gasteiger partial charge in [-0.2, -0.15) is 0 Å². The molecule has 4 aromatic rings. The number of pyridine rings is 1. The van der Waals surface area contributed by atoms with Gasteiger partial charge in [0.2, 0.25) is 0 Å². The first-order chi connectivity index (χ1) is 13.1. The lowest BCUT2D eigenvalue weighted by Gasteiger charge is -2.05. The Morgan fingerprint density at radius 3 is 2.78 bits per heavy atom. The van der Waals surface area contributed by atoms with Crippen molar-refractivity contribution in [3.05, 3.63) is 78.0 Å². The minimum atomic E-state index is -0.724. The van der Waals surface area contributed by atoms with Crippen molar-refractivity contribution in [1.82, 2.24) is 19.9 Å².